The van der Waals surface area contributed by atoms with Crippen molar-refractivity contribution in [2.45, 2.75) is 38.6 Å². The van der Waals surface area contributed by atoms with Gasteiger partial charge in [-0.15, -0.1) is 22.7 Å². The van der Waals surface area contributed by atoms with E-state index in [1.165, 1.54) is 41.9 Å². The van der Waals surface area contributed by atoms with E-state index >= 15 is 0 Å². The Morgan fingerprint density at radius 1 is 1.23 bits per heavy atom. The first-order valence-corrected chi connectivity index (χ1v) is 10.5. The molecule has 3 aromatic rings. The highest BCUT2D eigenvalue weighted by Crippen LogP contribution is 2.38. The Bertz CT molecular complexity index is 870. The summed E-state index contributed by atoms with van der Waals surface area (Å²) in [4.78, 5) is 27.8. The summed E-state index contributed by atoms with van der Waals surface area (Å²) in [5.74, 6) is 1.03. The highest BCUT2D eigenvalue weighted by Gasteiger charge is 2.30. The Hall–Kier alpha value is -2.12. The first-order valence-electron chi connectivity index (χ1n) is 8.81. The van der Waals surface area contributed by atoms with Gasteiger partial charge in [-0.25, -0.2) is 15.0 Å². The molecule has 1 unspecified atom stereocenters. The maximum absolute atomic E-state index is 13.0. The van der Waals surface area contributed by atoms with Crippen LogP contribution < -0.4 is 5.32 Å². The lowest BCUT2D eigenvalue weighted by atomic mass is 9.96. The van der Waals surface area contributed by atoms with Crippen LogP contribution in [0.3, 0.4) is 0 Å². The van der Waals surface area contributed by atoms with Gasteiger partial charge in [0.1, 0.15) is 4.88 Å². The Balaban J connectivity index is 1.58. The number of aromatic nitrogens is 3. The fourth-order valence-electron chi connectivity index (χ4n) is 3.50. The predicted octanol–water partition coefficient (Wildman–Crippen LogP) is 4.63. The van der Waals surface area contributed by atoms with Crippen LogP contribution in [-0.2, 0) is 0 Å². The minimum absolute atomic E-state index is 0.0486. The van der Waals surface area contributed by atoms with Crippen LogP contribution in [0, 0.1) is 12.8 Å². The second-order valence-electron chi connectivity index (χ2n) is 6.52. The zero-order chi connectivity index (χ0) is 17.9. The van der Waals surface area contributed by atoms with Crippen molar-refractivity contribution < 1.29 is 4.79 Å². The molecule has 1 aliphatic carbocycles. The zero-order valence-electron chi connectivity index (χ0n) is 14.5. The molecule has 1 atom stereocenters. The molecule has 0 bridgehead atoms. The third-order valence-electron chi connectivity index (χ3n) is 4.77. The molecule has 5 nitrogen and oxygen atoms in total. The van der Waals surface area contributed by atoms with Gasteiger partial charge in [0.05, 0.1) is 11.7 Å². The molecule has 0 aliphatic heterocycles. The number of nitrogens with zero attached hydrogens (tertiary/aromatic N) is 3. The van der Waals surface area contributed by atoms with Crippen LogP contribution in [0.2, 0.25) is 0 Å². The van der Waals surface area contributed by atoms with Crippen LogP contribution >= 0.6 is 22.7 Å². The normalized spacial score (nSPS) is 15.9. The molecule has 1 aliphatic rings. The van der Waals surface area contributed by atoms with E-state index in [-0.39, 0.29) is 11.9 Å². The Labute approximate surface area is 160 Å². The van der Waals surface area contributed by atoms with Crippen LogP contribution in [0.5, 0.6) is 0 Å². The molecule has 0 spiro atoms. The van der Waals surface area contributed by atoms with Gasteiger partial charge in [0.25, 0.3) is 5.91 Å². The summed E-state index contributed by atoms with van der Waals surface area (Å²) in [5, 5.41) is 6.04. The molecule has 134 valence electrons. The van der Waals surface area contributed by atoms with Crippen LogP contribution in [0.15, 0.2) is 36.0 Å². The van der Waals surface area contributed by atoms with Crippen molar-refractivity contribution in [2.75, 3.05) is 0 Å². The molecule has 1 saturated carbocycles. The summed E-state index contributed by atoms with van der Waals surface area (Å²) in [6.45, 7) is 1.87. The molecule has 0 aromatic carbocycles. The Morgan fingerprint density at radius 2 is 2.00 bits per heavy atom. The van der Waals surface area contributed by atoms with E-state index in [2.05, 4.69) is 37.8 Å². The second-order valence-corrected chi connectivity index (χ2v) is 8.50. The topological polar surface area (TPSA) is 67.8 Å². The van der Waals surface area contributed by atoms with Gasteiger partial charge in [0.2, 0.25) is 0 Å². The SMILES string of the molecule is Cc1nc(-c2ncccn2)sc1C(=O)NC(c1cccs1)C1CCCC1. The zero-order valence-corrected chi connectivity index (χ0v) is 16.1. The summed E-state index contributed by atoms with van der Waals surface area (Å²) in [7, 11) is 0. The van der Waals surface area contributed by atoms with Crippen molar-refractivity contribution in [3.05, 3.63) is 51.4 Å². The van der Waals surface area contributed by atoms with Gasteiger partial charge in [0.15, 0.2) is 10.8 Å². The molecule has 1 fully saturated rings. The van der Waals surface area contributed by atoms with E-state index in [1.807, 2.05) is 6.92 Å². The number of amides is 1. The van der Waals surface area contributed by atoms with E-state index in [0.29, 0.717) is 21.6 Å². The largest absolute Gasteiger partial charge is 0.343 e. The summed E-state index contributed by atoms with van der Waals surface area (Å²) in [5.41, 5.74) is 0.728. The fourth-order valence-corrected chi connectivity index (χ4v) is 5.29. The number of carbonyl (C=O) groups is 1. The average molecular weight is 385 g/mol. The van der Waals surface area contributed by atoms with Gasteiger partial charge in [0, 0.05) is 17.3 Å². The Morgan fingerprint density at radius 3 is 2.69 bits per heavy atom. The number of thiazole rings is 1. The first kappa shape index (κ1) is 17.3. The van der Waals surface area contributed by atoms with Crippen LogP contribution in [0.4, 0.5) is 0 Å². The minimum atomic E-state index is -0.0486. The molecule has 3 aromatic heterocycles. The Kier molecular flexibility index (Phi) is 5.08. The molecule has 1 N–H and O–H groups in total. The van der Waals surface area contributed by atoms with Gasteiger partial charge in [-0.1, -0.05) is 18.9 Å². The van der Waals surface area contributed by atoms with Crippen molar-refractivity contribution in [3.8, 4) is 10.8 Å². The highest BCUT2D eigenvalue weighted by molar-refractivity contribution is 7.17. The molecule has 3 heterocycles. The minimum Gasteiger partial charge on any atom is -0.343 e. The number of rotatable bonds is 5. The van der Waals surface area contributed by atoms with E-state index < -0.39 is 0 Å². The maximum Gasteiger partial charge on any atom is 0.263 e. The van der Waals surface area contributed by atoms with Crippen molar-refractivity contribution in [3.63, 3.8) is 0 Å². The van der Waals surface area contributed by atoms with Gasteiger partial charge in [-0.05, 0) is 43.2 Å². The summed E-state index contributed by atoms with van der Waals surface area (Å²) in [6, 6.07) is 6.03. The lowest BCUT2D eigenvalue weighted by molar-refractivity contribution is 0.0926. The predicted molar refractivity (Wildman–Crippen MR) is 104 cm³/mol. The molecule has 0 saturated heterocycles. The number of hydrogen-bond donors (Lipinski definition) is 1. The van der Waals surface area contributed by atoms with E-state index in [0.717, 1.165) is 5.69 Å². The maximum atomic E-state index is 13.0. The third kappa shape index (κ3) is 3.54. The monoisotopic (exact) mass is 384 g/mol. The average Bonchev–Trinajstić information content (AvgIpc) is 3.42. The highest BCUT2D eigenvalue weighted by atomic mass is 32.1. The number of nitrogens with one attached hydrogen (secondary N) is 1. The number of aryl methyl sites for hydroxylation is 1. The fraction of sp³-hybridized carbons (Fsp3) is 0.368. The first-order chi connectivity index (χ1) is 12.7. The van der Waals surface area contributed by atoms with Gasteiger partial charge in [-0.2, -0.15) is 0 Å². The van der Waals surface area contributed by atoms with Crippen molar-refractivity contribution >= 4 is 28.6 Å². The second kappa shape index (κ2) is 7.63. The number of carbonyl (C=O) groups excluding carboxylic acids is 1. The standard InChI is InChI=1S/C19H20N4OS2/c1-12-16(26-19(22-12)17-20-9-5-10-21-17)18(24)23-15(13-6-2-3-7-13)14-8-4-11-25-14/h4-5,8-11,13,15H,2-3,6-7H2,1H3,(H,23,24). The smallest absolute Gasteiger partial charge is 0.263 e. The summed E-state index contributed by atoms with van der Waals surface area (Å²) >= 11 is 3.07. The van der Waals surface area contributed by atoms with Gasteiger partial charge in [-0.3, -0.25) is 4.79 Å². The molecule has 7 heteroatoms. The summed E-state index contributed by atoms with van der Waals surface area (Å²) < 4.78 is 0. The molecule has 26 heavy (non-hydrogen) atoms. The lowest BCUT2D eigenvalue weighted by Gasteiger charge is -2.23. The quantitative estimate of drug-likeness (QED) is 0.696. The number of thiophene rings is 1. The van der Waals surface area contributed by atoms with Crippen molar-refractivity contribution in [1.82, 2.24) is 20.3 Å². The molecule has 4 rings (SSSR count). The third-order valence-corrected chi connectivity index (χ3v) is 6.87. The van der Waals surface area contributed by atoms with Crippen LogP contribution in [0.25, 0.3) is 10.8 Å². The van der Waals surface area contributed by atoms with E-state index in [9.17, 15) is 4.79 Å². The number of hydrogen-bond acceptors (Lipinski definition) is 6. The summed E-state index contributed by atoms with van der Waals surface area (Å²) in [6.07, 6.45) is 8.22. The molecular weight excluding hydrogens is 364 g/mol. The van der Waals surface area contributed by atoms with E-state index in [1.54, 1.807) is 29.8 Å². The van der Waals surface area contributed by atoms with E-state index in [4.69, 9.17) is 0 Å². The van der Waals surface area contributed by atoms with Gasteiger partial charge >= 0.3 is 0 Å². The lowest BCUT2D eigenvalue weighted by Crippen LogP contribution is -2.32. The molecular formula is C19H20N4OS2. The van der Waals surface area contributed by atoms with Crippen LogP contribution in [-0.4, -0.2) is 20.9 Å². The van der Waals surface area contributed by atoms with Crippen molar-refractivity contribution in [2.24, 2.45) is 5.92 Å². The van der Waals surface area contributed by atoms with Gasteiger partial charge < -0.3 is 5.32 Å². The van der Waals surface area contributed by atoms with Crippen molar-refractivity contribution in [1.29, 1.82) is 0 Å². The van der Waals surface area contributed by atoms with Crippen LogP contribution in [0.1, 0.15) is 52.0 Å². The molecule has 0 radical (unpaired) electrons. The molecule has 1 amide bonds.